The fourth-order valence-electron chi connectivity index (χ4n) is 1.98. The first-order chi connectivity index (χ1) is 9.16. The first kappa shape index (κ1) is 13.9. The molecule has 0 heterocycles. The molecule has 0 bridgehead atoms. The topological polar surface area (TPSA) is 12.0 Å². The first-order valence-corrected chi connectivity index (χ1v) is 6.79. The molecule has 0 fully saturated rings. The highest BCUT2D eigenvalue weighted by molar-refractivity contribution is 6.33. The molecule has 1 nitrogen and oxygen atoms in total. The Balaban J connectivity index is 1.93. The Morgan fingerprint density at radius 3 is 2.53 bits per heavy atom. The summed E-state index contributed by atoms with van der Waals surface area (Å²) in [5.41, 5.74) is 1.68. The van der Waals surface area contributed by atoms with E-state index in [-0.39, 0.29) is 11.9 Å². The summed E-state index contributed by atoms with van der Waals surface area (Å²) in [5.74, 6) is -0.306. The van der Waals surface area contributed by atoms with Gasteiger partial charge in [-0.3, -0.25) is 0 Å². The lowest BCUT2D eigenvalue weighted by molar-refractivity contribution is 0.622. The molecule has 2 aromatic carbocycles. The Kier molecular flexibility index (Phi) is 4.80. The normalized spacial score (nSPS) is 12.2. The van der Waals surface area contributed by atoms with Crippen LogP contribution in [0.2, 0.25) is 5.02 Å². The summed E-state index contributed by atoms with van der Waals surface area (Å²) in [6.45, 7) is 2.03. The standard InChI is InChI=1S/C16H17ClFN/c1-12(10-11-13-6-3-2-4-7-13)19-16-14(17)8-5-9-15(16)18/h2-9,12,19H,10-11H2,1H3. The maximum absolute atomic E-state index is 13.6. The Bertz CT molecular complexity index is 507. The molecular weight excluding hydrogens is 261 g/mol. The van der Waals surface area contributed by atoms with Gasteiger partial charge in [0.2, 0.25) is 0 Å². The number of hydrogen-bond donors (Lipinski definition) is 1. The summed E-state index contributed by atoms with van der Waals surface area (Å²) in [4.78, 5) is 0. The SMILES string of the molecule is CC(CCc1ccccc1)Nc1c(F)cccc1Cl. The van der Waals surface area contributed by atoms with Crippen molar-refractivity contribution in [3.63, 3.8) is 0 Å². The first-order valence-electron chi connectivity index (χ1n) is 6.41. The number of para-hydroxylation sites is 1. The van der Waals surface area contributed by atoms with E-state index in [1.54, 1.807) is 12.1 Å². The Morgan fingerprint density at radius 1 is 1.11 bits per heavy atom. The van der Waals surface area contributed by atoms with Crippen LogP contribution in [0.5, 0.6) is 0 Å². The van der Waals surface area contributed by atoms with Gasteiger partial charge in [-0.05, 0) is 37.5 Å². The van der Waals surface area contributed by atoms with E-state index in [1.165, 1.54) is 11.6 Å². The average molecular weight is 278 g/mol. The summed E-state index contributed by atoms with van der Waals surface area (Å²) in [6.07, 6.45) is 1.88. The second-order valence-electron chi connectivity index (χ2n) is 4.67. The summed E-state index contributed by atoms with van der Waals surface area (Å²) in [6, 6.07) is 15.1. The minimum absolute atomic E-state index is 0.162. The Labute approximate surface area is 118 Å². The van der Waals surface area contributed by atoms with Crippen molar-refractivity contribution in [2.24, 2.45) is 0 Å². The Hall–Kier alpha value is -1.54. The number of nitrogens with one attached hydrogen (secondary N) is 1. The number of aryl methyl sites for hydroxylation is 1. The number of benzene rings is 2. The smallest absolute Gasteiger partial charge is 0.147 e. The lowest BCUT2D eigenvalue weighted by atomic mass is 10.1. The van der Waals surface area contributed by atoms with Crippen molar-refractivity contribution < 1.29 is 4.39 Å². The molecule has 1 N–H and O–H groups in total. The van der Waals surface area contributed by atoms with Gasteiger partial charge < -0.3 is 5.32 Å². The number of anilines is 1. The monoisotopic (exact) mass is 277 g/mol. The summed E-state index contributed by atoms with van der Waals surface area (Å²) >= 11 is 5.99. The van der Waals surface area contributed by atoms with Crippen LogP contribution in [0.25, 0.3) is 0 Å². The van der Waals surface area contributed by atoms with Crippen LogP contribution in [-0.4, -0.2) is 6.04 Å². The van der Waals surface area contributed by atoms with Gasteiger partial charge in [0.15, 0.2) is 0 Å². The van der Waals surface area contributed by atoms with Crippen LogP contribution >= 0.6 is 11.6 Å². The average Bonchev–Trinajstić information content (AvgIpc) is 2.42. The number of hydrogen-bond acceptors (Lipinski definition) is 1. The summed E-state index contributed by atoms with van der Waals surface area (Å²) in [5, 5.41) is 3.56. The van der Waals surface area contributed by atoms with Gasteiger partial charge in [0.25, 0.3) is 0 Å². The molecule has 0 aliphatic heterocycles. The highest BCUT2D eigenvalue weighted by Crippen LogP contribution is 2.25. The third kappa shape index (κ3) is 3.97. The largest absolute Gasteiger partial charge is 0.379 e. The van der Waals surface area contributed by atoms with Gasteiger partial charge in [-0.1, -0.05) is 48.0 Å². The van der Waals surface area contributed by atoms with E-state index in [2.05, 4.69) is 17.4 Å². The molecule has 0 amide bonds. The number of halogens is 2. The van der Waals surface area contributed by atoms with Crippen LogP contribution in [0.4, 0.5) is 10.1 Å². The maximum atomic E-state index is 13.6. The summed E-state index contributed by atoms with van der Waals surface area (Å²) in [7, 11) is 0. The van der Waals surface area contributed by atoms with Gasteiger partial charge in [-0.25, -0.2) is 4.39 Å². The van der Waals surface area contributed by atoms with Gasteiger partial charge >= 0.3 is 0 Å². The van der Waals surface area contributed by atoms with E-state index >= 15 is 0 Å². The zero-order chi connectivity index (χ0) is 13.7. The molecule has 0 radical (unpaired) electrons. The fourth-order valence-corrected chi connectivity index (χ4v) is 2.20. The van der Waals surface area contributed by atoms with Crippen molar-refractivity contribution in [2.45, 2.75) is 25.8 Å². The molecule has 2 aromatic rings. The fraction of sp³-hybridized carbons (Fsp3) is 0.250. The third-order valence-electron chi connectivity index (χ3n) is 3.06. The van der Waals surface area contributed by atoms with Gasteiger partial charge in [0.05, 0.1) is 10.7 Å². The third-order valence-corrected chi connectivity index (χ3v) is 3.38. The van der Waals surface area contributed by atoms with Crippen molar-refractivity contribution in [3.05, 3.63) is 64.9 Å². The van der Waals surface area contributed by atoms with Gasteiger partial charge in [0.1, 0.15) is 5.82 Å². The number of rotatable bonds is 5. The molecule has 3 heteroatoms. The quantitative estimate of drug-likeness (QED) is 0.818. The van der Waals surface area contributed by atoms with Crippen LogP contribution in [0.3, 0.4) is 0 Å². The molecule has 1 unspecified atom stereocenters. The zero-order valence-electron chi connectivity index (χ0n) is 10.9. The minimum Gasteiger partial charge on any atom is -0.379 e. The minimum atomic E-state index is -0.306. The van der Waals surface area contributed by atoms with Crippen LogP contribution in [0, 0.1) is 5.82 Å². The molecule has 19 heavy (non-hydrogen) atoms. The van der Waals surface area contributed by atoms with Crippen molar-refractivity contribution in [1.82, 2.24) is 0 Å². The lowest BCUT2D eigenvalue weighted by Crippen LogP contribution is -2.17. The zero-order valence-corrected chi connectivity index (χ0v) is 11.6. The van der Waals surface area contributed by atoms with Gasteiger partial charge in [0, 0.05) is 6.04 Å². The predicted octanol–water partition coefficient (Wildman–Crippen LogP) is 4.91. The molecule has 0 spiro atoms. The molecule has 100 valence electrons. The van der Waals surface area contributed by atoms with Crippen LogP contribution in [0.1, 0.15) is 18.9 Å². The van der Waals surface area contributed by atoms with E-state index in [1.807, 2.05) is 25.1 Å². The molecule has 0 aliphatic carbocycles. The van der Waals surface area contributed by atoms with Gasteiger partial charge in [-0.15, -0.1) is 0 Å². The molecule has 0 aliphatic rings. The van der Waals surface area contributed by atoms with E-state index in [0.29, 0.717) is 10.7 Å². The summed E-state index contributed by atoms with van der Waals surface area (Å²) < 4.78 is 13.6. The molecule has 2 rings (SSSR count). The second-order valence-corrected chi connectivity index (χ2v) is 5.07. The Morgan fingerprint density at radius 2 is 1.84 bits per heavy atom. The second kappa shape index (κ2) is 6.58. The van der Waals surface area contributed by atoms with Gasteiger partial charge in [-0.2, -0.15) is 0 Å². The van der Waals surface area contributed by atoms with Crippen molar-refractivity contribution >= 4 is 17.3 Å². The molecule has 0 saturated carbocycles. The van der Waals surface area contributed by atoms with E-state index in [0.717, 1.165) is 12.8 Å². The lowest BCUT2D eigenvalue weighted by Gasteiger charge is -2.16. The van der Waals surface area contributed by atoms with Crippen LogP contribution in [-0.2, 0) is 6.42 Å². The van der Waals surface area contributed by atoms with Crippen molar-refractivity contribution in [2.75, 3.05) is 5.32 Å². The van der Waals surface area contributed by atoms with E-state index in [9.17, 15) is 4.39 Å². The van der Waals surface area contributed by atoms with Crippen molar-refractivity contribution in [1.29, 1.82) is 0 Å². The highest BCUT2D eigenvalue weighted by Gasteiger charge is 2.10. The molecular formula is C16H17ClFN. The van der Waals surface area contributed by atoms with E-state index < -0.39 is 0 Å². The molecule has 1 atom stereocenters. The van der Waals surface area contributed by atoms with Crippen LogP contribution < -0.4 is 5.32 Å². The van der Waals surface area contributed by atoms with Crippen molar-refractivity contribution in [3.8, 4) is 0 Å². The van der Waals surface area contributed by atoms with Crippen LogP contribution in [0.15, 0.2) is 48.5 Å². The maximum Gasteiger partial charge on any atom is 0.147 e. The molecule has 0 aromatic heterocycles. The van der Waals surface area contributed by atoms with E-state index in [4.69, 9.17) is 11.6 Å². The predicted molar refractivity (Wildman–Crippen MR) is 79.3 cm³/mol. The molecule has 0 saturated heterocycles. The highest BCUT2D eigenvalue weighted by atomic mass is 35.5.